The van der Waals surface area contributed by atoms with E-state index in [2.05, 4.69) is 9.97 Å². The molecule has 0 radical (unpaired) electrons. The average Bonchev–Trinajstić information content (AvgIpc) is 3.04. The lowest BCUT2D eigenvalue weighted by molar-refractivity contribution is 0.620. The van der Waals surface area contributed by atoms with Crippen molar-refractivity contribution in [2.24, 2.45) is 0 Å². The van der Waals surface area contributed by atoms with Crippen molar-refractivity contribution >= 4 is 22.5 Å². The molecule has 82 valence electrons. The molecule has 1 fully saturated rings. The number of aryl methyl sites for hydroxylation is 1. The van der Waals surface area contributed by atoms with E-state index in [0.29, 0.717) is 22.2 Å². The fourth-order valence-electron chi connectivity index (χ4n) is 1.76. The highest BCUT2D eigenvalue weighted by atomic mass is 35.5. The molecule has 1 heterocycles. The van der Waals surface area contributed by atoms with Crippen molar-refractivity contribution in [2.75, 3.05) is 0 Å². The van der Waals surface area contributed by atoms with Gasteiger partial charge in [0.25, 0.3) is 0 Å². The Kier molecular flexibility index (Phi) is 2.11. The summed E-state index contributed by atoms with van der Waals surface area (Å²) in [6, 6.07) is 3.13. The largest absolute Gasteiger partial charge is 0.232 e. The molecular formula is C12H10ClFN2. The third kappa shape index (κ3) is 1.55. The predicted molar refractivity (Wildman–Crippen MR) is 61.2 cm³/mol. The van der Waals surface area contributed by atoms with Crippen LogP contribution in [0.2, 0.25) is 5.15 Å². The zero-order valence-corrected chi connectivity index (χ0v) is 9.55. The molecule has 2 aromatic rings. The van der Waals surface area contributed by atoms with Crippen LogP contribution in [0.25, 0.3) is 10.9 Å². The van der Waals surface area contributed by atoms with Crippen molar-refractivity contribution < 1.29 is 4.39 Å². The number of hydrogen-bond acceptors (Lipinski definition) is 2. The predicted octanol–water partition coefficient (Wildman–Crippen LogP) is 3.61. The van der Waals surface area contributed by atoms with Gasteiger partial charge in [-0.15, -0.1) is 0 Å². The van der Waals surface area contributed by atoms with E-state index in [0.717, 1.165) is 24.1 Å². The maximum Gasteiger partial charge on any atom is 0.140 e. The SMILES string of the molecule is Cc1cc2c(Cl)nc(C3CC3)nc2cc1F. The van der Waals surface area contributed by atoms with Crippen LogP contribution in [-0.2, 0) is 0 Å². The molecule has 1 saturated carbocycles. The highest BCUT2D eigenvalue weighted by molar-refractivity contribution is 6.34. The summed E-state index contributed by atoms with van der Waals surface area (Å²) in [6.45, 7) is 1.71. The van der Waals surface area contributed by atoms with E-state index < -0.39 is 0 Å². The van der Waals surface area contributed by atoms with Crippen molar-refractivity contribution in [1.29, 1.82) is 0 Å². The first-order valence-electron chi connectivity index (χ1n) is 5.28. The van der Waals surface area contributed by atoms with Gasteiger partial charge >= 0.3 is 0 Å². The Labute approximate surface area is 97.5 Å². The lowest BCUT2D eigenvalue weighted by Crippen LogP contribution is -1.96. The molecule has 0 N–H and O–H groups in total. The Morgan fingerprint density at radius 2 is 2.06 bits per heavy atom. The van der Waals surface area contributed by atoms with Crippen LogP contribution in [0, 0.1) is 12.7 Å². The van der Waals surface area contributed by atoms with Crippen LogP contribution in [-0.4, -0.2) is 9.97 Å². The molecule has 0 amide bonds. The van der Waals surface area contributed by atoms with Gasteiger partial charge in [0, 0.05) is 17.4 Å². The van der Waals surface area contributed by atoms with Gasteiger partial charge in [0.2, 0.25) is 0 Å². The first kappa shape index (κ1) is 9.97. The lowest BCUT2D eigenvalue weighted by atomic mass is 10.1. The van der Waals surface area contributed by atoms with Crippen LogP contribution in [0.15, 0.2) is 12.1 Å². The minimum Gasteiger partial charge on any atom is -0.232 e. The number of benzene rings is 1. The quantitative estimate of drug-likeness (QED) is 0.707. The third-order valence-electron chi connectivity index (χ3n) is 2.89. The van der Waals surface area contributed by atoms with Gasteiger partial charge in [-0.2, -0.15) is 0 Å². The number of aromatic nitrogens is 2. The summed E-state index contributed by atoms with van der Waals surface area (Å²) in [6.07, 6.45) is 2.21. The van der Waals surface area contributed by atoms with E-state index in [1.165, 1.54) is 6.07 Å². The van der Waals surface area contributed by atoms with E-state index in [1.807, 2.05) is 0 Å². The summed E-state index contributed by atoms with van der Waals surface area (Å²) in [5.41, 5.74) is 1.17. The lowest BCUT2D eigenvalue weighted by Gasteiger charge is -2.05. The molecule has 16 heavy (non-hydrogen) atoms. The van der Waals surface area contributed by atoms with Gasteiger partial charge in [-0.25, -0.2) is 14.4 Å². The zero-order chi connectivity index (χ0) is 11.3. The second-order valence-corrected chi connectivity index (χ2v) is 4.62. The van der Waals surface area contributed by atoms with Crippen LogP contribution in [0.3, 0.4) is 0 Å². The maximum atomic E-state index is 13.4. The normalized spacial score (nSPS) is 15.7. The number of halogens is 2. The van der Waals surface area contributed by atoms with Gasteiger partial charge in [0.1, 0.15) is 16.8 Å². The van der Waals surface area contributed by atoms with Crippen LogP contribution in [0.5, 0.6) is 0 Å². The molecule has 2 nitrogen and oxygen atoms in total. The molecule has 1 aromatic heterocycles. The Hall–Kier alpha value is -1.22. The third-order valence-corrected chi connectivity index (χ3v) is 3.18. The molecule has 0 spiro atoms. The van der Waals surface area contributed by atoms with Crippen molar-refractivity contribution in [2.45, 2.75) is 25.7 Å². The van der Waals surface area contributed by atoms with E-state index in [1.54, 1.807) is 13.0 Å². The van der Waals surface area contributed by atoms with Crippen LogP contribution >= 0.6 is 11.6 Å². The van der Waals surface area contributed by atoms with Gasteiger partial charge in [-0.05, 0) is 31.4 Å². The molecule has 0 aliphatic heterocycles. The van der Waals surface area contributed by atoms with Gasteiger partial charge in [-0.3, -0.25) is 0 Å². The summed E-state index contributed by atoms with van der Waals surface area (Å²) in [7, 11) is 0. The first-order chi connectivity index (χ1) is 7.65. The molecule has 0 saturated heterocycles. The fourth-order valence-corrected chi connectivity index (χ4v) is 2.00. The first-order valence-corrected chi connectivity index (χ1v) is 5.66. The monoisotopic (exact) mass is 236 g/mol. The smallest absolute Gasteiger partial charge is 0.140 e. The molecular weight excluding hydrogens is 227 g/mol. The maximum absolute atomic E-state index is 13.4. The molecule has 1 aromatic carbocycles. The van der Waals surface area contributed by atoms with Crippen LogP contribution in [0.4, 0.5) is 4.39 Å². The van der Waals surface area contributed by atoms with Crippen molar-refractivity contribution in [1.82, 2.24) is 9.97 Å². The molecule has 1 aliphatic carbocycles. The second-order valence-electron chi connectivity index (χ2n) is 4.27. The molecule has 3 rings (SSSR count). The number of hydrogen-bond donors (Lipinski definition) is 0. The summed E-state index contributed by atoms with van der Waals surface area (Å²) >= 11 is 6.08. The molecule has 0 bridgehead atoms. The number of fused-ring (bicyclic) bond motifs is 1. The molecule has 1 aliphatic rings. The van der Waals surface area contributed by atoms with E-state index >= 15 is 0 Å². The minimum atomic E-state index is -0.246. The zero-order valence-electron chi connectivity index (χ0n) is 8.80. The van der Waals surface area contributed by atoms with Gasteiger partial charge < -0.3 is 0 Å². The summed E-state index contributed by atoms with van der Waals surface area (Å²) in [5.74, 6) is 0.927. The Morgan fingerprint density at radius 1 is 1.31 bits per heavy atom. The Bertz CT molecular complexity index is 579. The average molecular weight is 237 g/mol. The van der Waals surface area contributed by atoms with Gasteiger partial charge in [-0.1, -0.05) is 11.6 Å². The standard InChI is InChI=1S/C12H10ClFN2/c1-6-4-8-10(5-9(6)14)15-12(7-2-3-7)16-11(8)13/h4-5,7H,2-3H2,1H3. The minimum absolute atomic E-state index is 0.246. The van der Waals surface area contributed by atoms with Crippen molar-refractivity contribution in [3.63, 3.8) is 0 Å². The highest BCUT2D eigenvalue weighted by Crippen LogP contribution is 2.39. The van der Waals surface area contributed by atoms with Crippen molar-refractivity contribution in [3.05, 3.63) is 34.5 Å². The van der Waals surface area contributed by atoms with Crippen LogP contribution in [0.1, 0.15) is 30.1 Å². The molecule has 0 atom stereocenters. The Morgan fingerprint density at radius 3 is 2.75 bits per heavy atom. The van der Waals surface area contributed by atoms with E-state index in [4.69, 9.17) is 11.6 Å². The topological polar surface area (TPSA) is 25.8 Å². The fraction of sp³-hybridized carbons (Fsp3) is 0.333. The summed E-state index contributed by atoms with van der Waals surface area (Å²) < 4.78 is 13.4. The van der Waals surface area contributed by atoms with E-state index in [9.17, 15) is 4.39 Å². The second kappa shape index (κ2) is 3.39. The number of rotatable bonds is 1. The highest BCUT2D eigenvalue weighted by Gasteiger charge is 2.27. The molecule has 4 heteroatoms. The van der Waals surface area contributed by atoms with Gasteiger partial charge in [0.05, 0.1) is 5.52 Å². The Balaban J connectivity index is 2.28. The van der Waals surface area contributed by atoms with E-state index in [-0.39, 0.29) is 5.82 Å². The number of nitrogens with zero attached hydrogens (tertiary/aromatic N) is 2. The van der Waals surface area contributed by atoms with Crippen LogP contribution < -0.4 is 0 Å². The van der Waals surface area contributed by atoms with Crippen molar-refractivity contribution in [3.8, 4) is 0 Å². The molecule has 0 unspecified atom stereocenters. The summed E-state index contributed by atoms with van der Waals surface area (Å²) in [5, 5.41) is 1.15. The van der Waals surface area contributed by atoms with Gasteiger partial charge in [0.15, 0.2) is 0 Å². The summed E-state index contributed by atoms with van der Waals surface area (Å²) in [4.78, 5) is 8.63.